The number of nitrogens with one attached hydrogen (secondary N) is 1. The maximum Gasteiger partial charge on any atom is 0.248 e. The number of fused-ring (bicyclic) bond motifs is 1. The van der Waals surface area contributed by atoms with Crippen LogP contribution in [-0.2, 0) is 4.79 Å². The van der Waals surface area contributed by atoms with Gasteiger partial charge in [0.1, 0.15) is 11.3 Å². The third-order valence-corrected chi connectivity index (χ3v) is 4.63. The summed E-state index contributed by atoms with van der Waals surface area (Å²) < 4.78 is 11.8. The van der Waals surface area contributed by atoms with Crippen molar-refractivity contribution < 1.29 is 18.4 Å². The zero-order chi connectivity index (χ0) is 19.5. The van der Waals surface area contributed by atoms with Crippen molar-refractivity contribution in [3.63, 3.8) is 0 Å². The fraction of sp³-hybridized carbons (Fsp3) is 0. The third kappa shape index (κ3) is 3.68. The Morgan fingerprint density at radius 2 is 1.75 bits per heavy atom. The number of benzene rings is 2. The standard InChI is InChI=1S/C22H14BrNO4/c23-15-9-7-14(8-10-15)21(26)22-20(17-5-1-2-6-18(17)28-22)24-19(25)12-11-16-4-3-13-27-16/h1-13H,(H,24,25). The van der Waals surface area contributed by atoms with Crippen LogP contribution in [-0.4, -0.2) is 11.7 Å². The van der Waals surface area contributed by atoms with Crippen LogP contribution >= 0.6 is 15.9 Å². The van der Waals surface area contributed by atoms with Crippen LogP contribution in [0.5, 0.6) is 0 Å². The molecule has 0 bridgehead atoms. The third-order valence-electron chi connectivity index (χ3n) is 4.10. The van der Waals surface area contributed by atoms with Crippen molar-refractivity contribution in [3.8, 4) is 0 Å². The van der Waals surface area contributed by atoms with Gasteiger partial charge in [-0.3, -0.25) is 9.59 Å². The summed E-state index contributed by atoms with van der Waals surface area (Å²) in [6, 6.07) is 17.6. The average molecular weight is 436 g/mol. The van der Waals surface area contributed by atoms with Gasteiger partial charge < -0.3 is 14.2 Å². The summed E-state index contributed by atoms with van der Waals surface area (Å²) in [5.41, 5.74) is 1.33. The average Bonchev–Trinajstić information content (AvgIpc) is 3.35. The van der Waals surface area contributed by atoms with E-state index in [1.807, 2.05) is 12.1 Å². The minimum atomic E-state index is -0.396. The highest BCUT2D eigenvalue weighted by Crippen LogP contribution is 2.32. The van der Waals surface area contributed by atoms with E-state index in [1.54, 1.807) is 54.6 Å². The Balaban J connectivity index is 1.70. The van der Waals surface area contributed by atoms with E-state index < -0.39 is 5.91 Å². The Morgan fingerprint density at radius 3 is 2.50 bits per heavy atom. The second-order valence-corrected chi connectivity index (χ2v) is 6.89. The summed E-state index contributed by atoms with van der Waals surface area (Å²) >= 11 is 3.35. The number of anilines is 1. The number of para-hydroxylation sites is 1. The first-order valence-electron chi connectivity index (χ1n) is 8.46. The van der Waals surface area contributed by atoms with Gasteiger partial charge in [0.25, 0.3) is 0 Å². The number of furan rings is 2. The molecule has 4 rings (SSSR count). The monoisotopic (exact) mass is 435 g/mol. The van der Waals surface area contributed by atoms with E-state index in [9.17, 15) is 9.59 Å². The van der Waals surface area contributed by atoms with Crippen molar-refractivity contribution in [3.05, 3.63) is 94.6 Å². The van der Waals surface area contributed by atoms with Crippen LogP contribution in [0.4, 0.5) is 5.69 Å². The van der Waals surface area contributed by atoms with Crippen LogP contribution in [0, 0.1) is 0 Å². The maximum absolute atomic E-state index is 13.0. The molecule has 0 fully saturated rings. The summed E-state index contributed by atoms with van der Waals surface area (Å²) in [4.78, 5) is 25.4. The highest BCUT2D eigenvalue weighted by Gasteiger charge is 2.22. The van der Waals surface area contributed by atoms with Gasteiger partial charge in [0.2, 0.25) is 11.7 Å². The van der Waals surface area contributed by atoms with Crippen molar-refractivity contribution in [2.45, 2.75) is 0 Å². The van der Waals surface area contributed by atoms with Crippen LogP contribution in [0.2, 0.25) is 0 Å². The Morgan fingerprint density at radius 1 is 0.964 bits per heavy atom. The molecular weight excluding hydrogens is 422 g/mol. The molecule has 2 aromatic carbocycles. The van der Waals surface area contributed by atoms with Gasteiger partial charge in [0.15, 0.2) is 5.76 Å². The first-order valence-corrected chi connectivity index (χ1v) is 9.25. The molecule has 0 unspecified atom stereocenters. The van der Waals surface area contributed by atoms with Crippen LogP contribution in [0.1, 0.15) is 21.9 Å². The summed E-state index contributed by atoms with van der Waals surface area (Å²) in [5, 5.41) is 3.42. The van der Waals surface area contributed by atoms with Crippen LogP contribution < -0.4 is 5.32 Å². The predicted octanol–water partition coefficient (Wildman–Crippen LogP) is 5.67. The second kappa shape index (κ2) is 7.70. The van der Waals surface area contributed by atoms with Gasteiger partial charge >= 0.3 is 0 Å². The Kier molecular flexibility index (Phi) is 4.95. The van der Waals surface area contributed by atoms with E-state index in [2.05, 4.69) is 21.2 Å². The zero-order valence-corrected chi connectivity index (χ0v) is 16.1. The number of carbonyl (C=O) groups is 2. The van der Waals surface area contributed by atoms with E-state index in [4.69, 9.17) is 8.83 Å². The Labute approximate surface area is 168 Å². The molecule has 5 nitrogen and oxygen atoms in total. The highest BCUT2D eigenvalue weighted by atomic mass is 79.9. The van der Waals surface area contributed by atoms with Gasteiger partial charge in [0.05, 0.1) is 12.0 Å². The number of rotatable bonds is 5. The lowest BCUT2D eigenvalue weighted by molar-refractivity contribution is -0.111. The molecule has 1 amide bonds. The smallest absolute Gasteiger partial charge is 0.248 e. The Hall–Kier alpha value is -3.38. The number of hydrogen-bond donors (Lipinski definition) is 1. The molecule has 6 heteroatoms. The number of hydrogen-bond acceptors (Lipinski definition) is 4. The van der Waals surface area contributed by atoms with E-state index >= 15 is 0 Å². The van der Waals surface area contributed by atoms with Gasteiger partial charge in [-0.15, -0.1) is 0 Å². The number of ketones is 1. The van der Waals surface area contributed by atoms with Gasteiger partial charge in [-0.25, -0.2) is 0 Å². The molecule has 4 aromatic rings. The van der Waals surface area contributed by atoms with Crippen LogP contribution in [0.25, 0.3) is 17.0 Å². The minimum absolute atomic E-state index is 0.0864. The van der Waals surface area contributed by atoms with E-state index in [0.29, 0.717) is 28.0 Å². The molecule has 2 aromatic heterocycles. The van der Waals surface area contributed by atoms with Crippen molar-refractivity contribution in [1.82, 2.24) is 0 Å². The van der Waals surface area contributed by atoms with E-state index in [0.717, 1.165) is 4.47 Å². The molecule has 1 N–H and O–H groups in total. The maximum atomic E-state index is 13.0. The molecule has 0 atom stereocenters. The van der Waals surface area contributed by atoms with Crippen molar-refractivity contribution in [2.24, 2.45) is 0 Å². The largest absolute Gasteiger partial charge is 0.465 e. The lowest BCUT2D eigenvalue weighted by atomic mass is 10.1. The summed E-state index contributed by atoms with van der Waals surface area (Å²) in [6.07, 6.45) is 4.42. The van der Waals surface area contributed by atoms with Crippen LogP contribution in [0.15, 0.2) is 86.3 Å². The van der Waals surface area contributed by atoms with E-state index in [1.165, 1.54) is 12.3 Å². The molecule has 28 heavy (non-hydrogen) atoms. The topological polar surface area (TPSA) is 72.5 Å². The second-order valence-electron chi connectivity index (χ2n) is 5.98. The Bertz CT molecular complexity index is 1170. The molecule has 0 saturated heterocycles. The van der Waals surface area contributed by atoms with Crippen molar-refractivity contribution in [2.75, 3.05) is 5.32 Å². The lowest BCUT2D eigenvalue weighted by Gasteiger charge is -2.04. The summed E-state index contributed by atoms with van der Waals surface area (Å²) in [6.45, 7) is 0. The lowest BCUT2D eigenvalue weighted by Crippen LogP contribution is -2.11. The zero-order valence-electron chi connectivity index (χ0n) is 14.5. The minimum Gasteiger partial charge on any atom is -0.465 e. The van der Waals surface area contributed by atoms with Gasteiger partial charge in [-0.1, -0.05) is 28.1 Å². The van der Waals surface area contributed by atoms with E-state index in [-0.39, 0.29) is 11.5 Å². The molecule has 0 radical (unpaired) electrons. The summed E-state index contributed by atoms with van der Waals surface area (Å²) in [5.74, 6) is -0.0662. The molecule has 0 spiro atoms. The van der Waals surface area contributed by atoms with Crippen molar-refractivity contribution >= 4 is 50.4 Å². The first-order chi connectivity index (χ1) is 13.6. The fourth-order valence-corrected chi connectivity index (χ4v) is 3.03. The highest BCUT2D eigenvalue weighted by molar-refractivity contribution is 9.10. The van der Waals surface area contributed by atoms with Gasteiger partial charge in [0, 0.05) is 21.5 Å². The quantitative estimate of drug-likeness (QED) is 0.323. The predicted molar refractivity (Wildman–Crippen MR) is 110 cm³/mol. The summed E-state index contributed by atoms with van der Waals surface area (Å²) in [7, 11) is 0. The molecule has 138 valence electrons. The number of carbonyl (C=O) groups excluding carboxylic acids is 2. The fourth-order valence-electron chi connectivity index (χ4n) is 2.77. The SMILES string of the molecule is O=C(C=Cc1ccco1)Nc1c(C(=O)c2ccc(Br)cc2)oc2ccccc12. The molecule has 2 heterocycles. The molecular formula is C22H14BrNO4. The molecule has 0 aliphatic rings. The molecule has 0 saturated carbocycles. The van der Waals surface area contributed by atoms with Gasteiger partial charge in [-0.2, -0.15) is 0 Å². The first kappa shape index (κ1) is 18.0. The molecule has 0 aliphatic heterocycles. The van der Waals surface area contributed by atoms with Gasteiger partial charge in [-0.05, 0) is 54.6 Å². The number of amides is 1. The van der Waals surface area contributed by atoms with Crippen molar-refractivity contribution in [1.29, 1.82) is 0 Å². The molecule has 0 aliphatic carbocycles. The number of halogens is 1. The van der Waals surface area contributed by atoms with Crippen LogP contribution in [0.3, 0.4) is 0 Å². The normalized spacial score (nSPS) is 11.2.